The molecule has 3 heterocycles. The van der Waals surface area contributed by atoms with Crippen LogP contribution in [0, 0.1) is 11.3 Å². The summed E-state index contributed by atoms with van der Waals surface area (Å²) >= 11 is 0. The first-order chi connectivity index (χ1) is 13.6. The van der Waals surface area contributed by atoms with Crippen LogP contribution >= 0.6 is 0 Å². The Hall–Kier alpha value is -3.27. The lowest BCUT2D eigenvalue weighted by Crippen LogP contribution is -2.46. The van der Waals surface area contributed by atoms with Gasteiger partial charge in [-0.1, -0.05) is 38.5 Å². The third kappa shape index (κ3) is 2.21. The number of nitriles is 1. The van der Waals surface area contributed by atoms with Gasteiger partial charge in [-0.3, -0.25) is 9.89 Å². The number of nitrogens with zero attached hydrogens (tertiary/aromatic N) is 3. The first-order valence-corrected chi connectivity index (χ1v) is 9.68. The number of ether oxygens (including phenoxy) is 1. The van der Waals surface area contributed by atoms with Crippen molar-refractivity contribution in [3.8, 4) is 11.9 Å². The van der Waals surface area contributed by atoms with E-state index >= 15 is 0 Å². The molecule has 0 aliphatic carbocycles. The highest BCUT2D eigenvalue weighted by Gasteiger charge is 2.60. The average molecular weight is 377 g/mol. The van der Waals surface area contributed by atoms with Crippen molar-refractivity contribution in [2.24, 2.45) is 5.73 Å². The second-order valence-electron chi connectivity index (χ2n) is 7.16. The number of rotatable bonds is 5. The smallest absolute Gasteiger partial charge is 0.247 e. The van der Waals surface area contributed by atoms with Crippen LogP contribution in [0.15, 0.2) is 35.7 Å². The molecular formula is C21H23N5O2. The van der Waals surface area contributed by atoms with E-state index in [4.69, 9.17) is 10.5 Å². The van der Waals surface area contributed by atoms with Gasteiger partial charge in [0.15, 0.2) is 0 Å². The van der Waals surface area contributed by atoms with E-state index in [0.717, 1.165) is 36.2 Å². The lowest BCUT2D eigenvalue weighted by molar-refractivity contribution is -0.121. The fraction of sp³-hybridized carbons (Fsp3) is 0.381. The van der Waals surface area contributed by atoms with Crippen molar-refractivity contribution in [2.75, 3.05) is 11.4 Å². The summed E-state index contributed by atoms with van der Waals surface area (Å²) in [5.41, 5.74) is 7.96. The quantitative estimate of drug-likeness (QED) is 0.833. The van der Waals surface area contributed by atoms with Crippen molar-refractivity contribution in [1.29, 1.82) is 5.26 Å². The number of aryl methyl sites for hydroxylation is 1. The molecule has 1 unspecified atom stereocenters. The van der Waals surface area contributed by atoms with Gasteiger partial charge < -0.3 is 15.4 Å². The molecule has 0 radical (unpaired) electrons. The van der Waals surface area contributed by atoms with Crippen LogP contribution in [0.3, 0.4) is 0 Å². The zero-order valence-electron chi connectivity index (χ0n) is 16.1. The van der Waals surface area contributed by atoms with E-state index in [1.54, 1.807) is 4.90 Å². The number of hydrogen-bond acceptors (Lipinski definition) is 5. The molecule has 1 aromatic carbocycles. The average Bonchev–Trinajstić information content (AvgIpc) is 3.20. The molecule has 0 fully saturated rings. The van der Waals surface area contributed by atoms with Crippen molar-refractivity contribution in [2.45, 2.75) is 44.9 Å². The van der Waals surface area contributed by atoms with E-state index in [1.165, 1.54) is 0 Å². The van der Waals surface area contributed by atoms with E-state index in [9.17, 15) is 10.1 Å². The predicted molar refractivity (Wildman–Crippen MR) is 105 cm³/mol. The van der Waals surface area contributed by atoms with Crippen LogP contribution in [0.5, 0.6) is 5.88 Å². The van der Waals surface area contributed by atoms with Crippen molar-refractivity contribution in [1.82, 2.24) is 10.2 Å². The molecule has 2 aliphatic rings. The molecule has 28 heavy (non-hydrogen) atoms. The fourth-order valence-electron chi connectivity index (χ4n) is 4.34. The summed E-state index contributed by atoms with van der Waals surface area (Å²) in [6.45, 7) is 4.69. The van der Waals surface area contributed by atoms with Gasteiger partial charge in [-0.25, -0.2) is 0 Å². The number of hydrogen-bond donors (Lipinski definition) is 2. The Kier molecular flexibility index (Phi) is 4.34. The summed E-state index contributed by atoms with van der Waals surface area (Å²) in [6, 6.07) is 9.78. The topological polar surface area (TPSA) is 108 Å². The molecule has 7 heteroatoms. The number of unbranched alkanes of at least 4 members (excludes halogenated alkanes) is 1. The van der Waals surface area contributed by atoms with Gasteiger partial charge in [-0.2, -0.15) is 5.26 Å². The highest BCUT2D eigenvalue weighted by molar-refractivity contribution is 6.14. The van der Waals surface area contributed by atoms with Gasteiger partial charge >= 0.3 is 0 Å². The number of carbonyl (C=O) groups excluding carboxylic acids is 1. The van der Waals surface area contributed by atoms with Crippen LogP contribution in [0.1, 0.15) is 49.9 Å². The van der Waals surface area contributed by atoms with E-state index < -0.39 is 5.41 Å². The van der Waals surface area contributed by atoms with Crippen molar-refractivity contribution in [3.63, 3.8) is 0 Å². The number of H-pyrrole nitrogens is 1. The van der Waals surface area contributed by atoms with Crippen LogP contribution in [-0.2, 0) is 16.6 Å². The molecule has 0 saturated carbocycles. The SMILES string of the molecule is CCCCc1[nH]nc2c1C1(C(=O)N(CCC)c3ccccc31)C(C#N)=C(N)O2. The lowest BCUT2D eigenvalue weighted by Gasteiger charge is -2.32. The third-order valence-electron chi connectivity index (χ3n) is 5.52. The van der Waals surface area contributed by atoms with Crippen molar-refractivity contribution < 1.29 is 9.53 Å². The van der Waals surface area contributed by atoms with Crippen LogP contribution in [0.25, 0.3) is 0 Å². The Balaban J connectivity index is 2.06. The highest BCUT2D eigenvalue weighted by atomic mass is 16.5. The molecule has 2 aliphatic heterocycles. The van der Waals surface area contributed by atoms with Crippen LogP contribution in [0.2, 0.25) is 0 Å². The van der Waals surface area contributed by atoms with E-state index in [0.29, 0.717) is 18.5 Å². The third-order valence-corrected chi connectivity index (χ3v) is 5.52. The minimum absolute atomic E-state index is 0.0648. The first kappa shape index (κ1) is 18.1. The van der Waals surface area contributed by atoms with E-state index in [1.807, 2.05) is 31.2 Å². The monoisotopic (exact) mass is 377 g/mol. The molecule has 1 aromatic heterocycles. The summed E-state index contributed by atoms with van der Waals surface area (Å²) in [5, 5.41) is 17.3. The number of amides is 1. The minimum Gasteiger partial charge on any atom is -0.420 e. The number of carbonyl (C=O) groups is 1. The van der Waals surface area contributed by atoms with Gasteiger partial charge in [0, 0.05) is 23.5 Å². The van der Waals surface area contributed by atoms with E-state index in [2.05, 4.69) is 23.2 Å². The molecule has 1 spiro atoms. The number of nitrogens with two attached hydrogens (primary N) is 1. The Morgan fingerprint density at radius 3 is 2.82 bits per heavy atom. The number of aromatic nitrogens is 2. The largest absolute Gasteiger partial charge is 0.420 e. The lowest BCUT2D eigenvalue weighted by atomic mass is 9.68. The van der Waals surface area contributed by atoms with Gasteiger partial charge in [0.2, 0.25) is 17.7 Å². The molecule has 0 bridgehead atoms. The van der Waals surface area contributed by atoms with Gasteiger partial charge in [-0.15, -0.1) is 5.10 Å². The summed E-state index contributed by atoms with van der Waals surface area (Å²) in [7, 11) is 0. The van der Waals surface area contributed by atoms with Gasteiger partial charge in [-0.05, 0) is 25.3 Å². The second kappa shape index (κ2) is 6.71. The number of fused-ring (bicyclic) bond motifs is 4. The number of aromatic amines is 1. The zero-order valence-corrected chi connectivity index (χ0v) is 16.1. The summed E-state index contributed by atoms with van der Waals surface area (Å²) in [5.74, 6) is 0.0490. The molecular weight excluding hydrogens is 354 g/mol. The Morgan fingerprint density at radius 2 is 2.11 bits per heavy atom. The maximum atomic E-state index is 13.9. The molecule has 1 atom stereocenters. The maximum absolute atomic E-state index is 13.9. The van der Waals surface area contributed by atoms with Gasteiger partial charge in [0.25, 0.3) is 0 Å². The van der Waals surface area contributed by atoms with Crippen molar-refractivity contribution in [3.05, 3.63) is 52.5 Å². The molecule has 1 amide bonds. The Labute approximate surface area is 163 Å². The Bertz CT molecular complexity index is 1020. The molecule has 4 rings (SSSR count). The molecule has 2 aromatic rings. The number of nitrogens with one attached hydrogen (secondary N) is 1. The number of para-hydroxylation sites is 1. The zero-order chi connectivity index (χ0) is 19.9. The van der Waals surface area contributed by atoms with Crippen LogP contribution in [-0.4, -0.2) is 22.6 Å². The first-order valence-electron chi connectivity index (χ1n) is 9.68. The number of benzene rings is 1. The number of anilines is 1. The standard InChI is InChI=1S/C21H23N5O2/c1-3-5-9-15-17-19(25-24-15)28-18(23)14(12-22)21(17)13-8-6-7-10-16(13)26(11-4-2)20(21)27/h6-8,10H,3-5,9,11,23H2,1-2H3,(H,24,25). The van der Waals surface area contributed by atoms with Crippen molar-refractivity contribution >= 4 is 11.6 Å². The maximum Gasteiger partial charge on any atom is 0.247 e. The summed E-state index contributed by atoms with van der Waals surface area (Å²) in [4.78, 5) is 15.7. The van der Waals surface area contributed by atoms with E-state index in [-0.39, 0.29) is 23.2 Å². The summed E-state index contributed by atoms with van der Waals surface area (Å²) < 4.78 is 5.66. The van der Waals surface area contributed by atoms with Gasteiger partial charge in [0.1, 0.15) is 17.1 Å². The van der Waals surface area contributed by atoms with Gasteiger partial charge in [0.05, 0.1) is 5.56 Å². The summed E-state index contributed by atoms with van der Waals surface area (Å²) in [6.07, 6.45) is 3.44. The second-order valence-corrected chi connectivity index (χ2v) is 7.16. The Morgan fingerprint density at radius 1 is 1.32 bits per heavy atom. The molecule has 7 nitrogen and oxygen atoms in total. The van der Waals surface area contributed by atoms with Crippen LogP contribution in [0.4, 0.5) is 5.69 Å². The fourth-order valence-corrected chi connectivity index (χ4v) is 4.34. The predicted octanol–water partition coefficient (Wildman–Crippen LogP) is 2.88. The molecule has 0 saturated heterocycles. The normalized spacial score (nSPS) is 20.2. The minimum atomic E-state index is -1.31. The molecule has 144 valence electrons. The molecule has 3 N–H and O–H groups in total. The highest BCUT2D eigenvalue weighted by Crippen LogP contribution is 2.55. The van der Waals surface area contributed by atoms with Crippen LogP contribution < -0.4 is 15.4 Å².